The Kier molecular flexibility index (Phi) is 5.22. The van der Waals surface area contributed by atoms with E-state index in [0.717, 1.165) is 16.5 Å². The van der Waals surface area contributed by atoms with Gasteiger partial charge in [0, 0.05) is 30.2 Å². The number of hydrogen-bond donors (Lipinski definition) is 0. The highest BCUT2D eigenvalue weighted by Crippen LogP contribution is 2.19. The number of rotatable bonds is 5. The molecule has 0 atom stereocenters. The van der Waals surface area contributed by atoms with Crippen LogP contribution in [0.15, 0.2) is 60.9 Å². The molecule has 1 amide bonds. The summed E-state index contributed by atoms with van der Waals surface area (Å²) < 4.78 is 14.7. The molecule has 0 saturated carbocycles. The van der Waals surface area contributed by atoms with Gasteiger partial charge in [-0.2, -0.15) is 0 Å². The molecule has 0 aliphatic rings. The number of fused-ring (bicyclic) bond motifs is 1. The third kappa shape index (κ3) is 4.09. The Bertz CT molecular complexity index is 1190. The summed E-state index contributed by atoms with van der Waals surface area (Å²) in [4.78, 5) is 18.7. The zero-order chi connectivity index (χ0) is 20.4. The van der Waals surface area contributed by atoms with Gasteiger partial charge in [-0.3, -0.25) is 9.78 Å². The van der Waals surface area contributed by atoms with Gasteiger partial charge in [0.05, 0.1) is 18.3 Å². The molecule has 0 spiro atoms. The quantitative estimate of drug-likeness (QED) is 0.501. The monoisotopic (exact) mass is 409 g/mol. The van der Waals surface area contributed by atoms with Crippen LogP contribution in [0.4, 0.5) is 4.39 Å². The van der Waals surface area contributed by atoms with E-state index in [1.807, 2.05) is 30.3 Å². The van der Waals surface area contributed by atoms with Crippen LogP contribution in [0, 0.1) is 5.82 Å². The predicted octanol–water partition coefficient (Wildman–Crippen LogP) is 3.94. The summed E-state index contributed by atoms with van der Waals surface area (Å²) in [7, 11) is 1.72. The van der Waals surface area contributed by atoms with E-state index < -0.39 is 5.82 Å². The third-order valence-corrected chi connectivity index (χ3v) is 4.95. The van der Waals surface area contributed by atoms with E-state index in [1.165, 1.54) is 16.8 Å². The van der Waals surface area contributed by atoms with Gasteiger partial charge in [0.25, 0.3) is 5.91 Å². The van der Waals surface area contributed by atoms with Crippen molar-refractivity contribution in [2.45, 2.75) is 13.1 Å². The molecule has 0 aliphatic carbocycles. The van der Waals surface area contributed by atoms with E-state index in [0.29, 0.717) is 17.1 Å². The Morgan fingerprint density at radius 3 is 2.83 bits per heavy atom. The lowest BCUT2D eigenvalue weighted by atomic mass is 10.1. The topological polar surface area (TPSA) is 63.9 Å². The molecule has 0 fully saturated rings. The van der Waals surface area contributed by atoms with E-state index in [9.17, 15) is 9.18 Å². The molecule has 0 N–H and O–H groups in total. The maximum Gasteiger partial charge on any atom is 0.276 e. The van der Waals surface area contributed by atoms with Crippen LogP contribution in [0.5, 0.6) is 0 Å². The zero-order valence-corrected chi connectivity index (χ0v) is 16.3. The molecule has 0 unspecified atom stereocenters. The highest BCUT2D eigenvalue weighted by Gasteiger charge is 2.17. The lowest BCUT2D eigenvalue weighted by Crippen LogP contribution is -2.26. The van der Waals surface area contributed by atoms with Crippen molar-refractivity contribution in [3.05, 3.63) is 88.6 Å². The number of carbonyl (C=O) groups excluding carboxylic acids is 1. The van der Waals surface area contributed by atoms with Crippen LogP contribution in [0.1, 0.15) is 21.6 Å². The van der Waals surface area contributed by atoms with Crippen molar-refractivity contribution in [2.75, 3.05) is 7.05 Å². The first-order chi connectivity index (χ1) is 14.0. The maximum absolute atomic E-state index is 13.2. The average Bonchev–Trinajstić information content (AvgIpc) is 3.18. The van der Waals surface area contributed by atoms with Crippen molar-refractivity contribution in [3.63, 3.8) is 0 Å². The lowest BCUT2D eigenvalue weighted by Gasteiger charge is -2.16. The number of halogens is 2. The van der Waals surface area contributed by atoms with Gasteiger partial charge < -0.3 is 4.90 Å². The number of benzene rings is 2. The van der Waals surface area contributed by atoms with Gasteiger partial charge in [-0.05, 0) is 35.4 Å². The minimum atomic E-state index is -0.404. The van der Waals surface area contributed by atoms with Crippen LogP contribution in [0.25, 0.3) is 10.9 Å². The maximum atomic E-state index is 13.2. The summed E-state index contributed by atoms with van der Waals surface area (Å²) in [6.45, 7) is 0.705. The van der Waals surface area contributed by atoms with Crippen molar-refractivity contribution >= 4 is 28.4 Å². The smallest absolute Gasteiger partial charge is 0.276 e. The fourth-order valence-corrected chi connectivity index (χ4v) is 3.34. The van der Waals surface area contributed by atoms with E-state index >= 15 is 0 Å². The molecular weight excluding hydrogens is 393 g/mol. The fourth-order valence-electron chi connectivity index (χ4n) is 3.11. The molecule has 0 aliphatic heterocycles. The van der Waals surface area contributed by atoms with E-state index in [4.69, 9.17) is 11.6 Å². The SMILES string of the molecule is CN(Cc1ccnc2ccccc12)C(=O)c1cn(Cc2ccc(F)cc2Cl)nn1. The van der Waals surface area contributed by atoms with Crippen LogP contribution < -0.4 is 0 Å². The average molecular weight is 410 g/mol. The minimum Gasteiger partial charge on any atom is -0.336 e. The fraction of sp³-hybridized carbons (Fsp3) is 0.143. The summed E-state index contributed by atoms with van der Waals surface area (Å²) >= 11 is 6.06. The first-order valence-corrected chi connectivity index (χ1v) is 9.31. The highest BCUT2D eigenvalue weighted by atomic mass is 35.5. The molecule has 6 nitrogen and oxygen atoms in total. The standard InChI is InChI=1S/C21H17ClFN5O/c1-27(11-14-8-9-24-19-5-3-2-4-17(14)19)21(29)20-13-28(26-25-20)12-15-6-7-16(23)10-18(15)22/h2-10,13H,11-12H2,1H3. The Morgan fingerprint density at radius 2 is 2.00 bits per heavy atom. The number of amides is 1. The number of nitrogens with zero attached hydrogens (tertiary/aromatic N) is 5. The molecular formula is C21H17ClFN5O. The van der Waals surface area contributed by atoms with Crippen molar-refractivity contribution in [2.24, 2.45) is 0 Å². The number of carbonyl (C=O) groups is 1. The molecule has 0 bridgehead atoms. The largest absolute Gasteiger partial charge is 0.336 e. The summed E-state index contributed by atoms with van der Waals surface area (Å²) in [5.41, 5.74) is 2.79. The highest BCUT2D eigenvalue weighted by molar-refractivity contribution is 6.31. The Hall–Kier alpha value is -3.32. The minimum absolute atomic E-state index is 0.226. The molecule has 4 rings (SSSR count). The molecule has 8 heteroatoms. The molecule has 146 valence electrons. The van der Waals surface area contributed by atoms with Crippen LogP contribution in [0.2, 0.25) is 5.02 Å². The summed E-state index contributed by atoms with van der Waals surface area (Å²) in [6.07, 6.45) is 3.29. The van der Waals surface area contributed by atoms with Crippen molar-refractivity contribution in [1.29, 1.82) is 0 Å². The van der Waals surface area contributed by atoms with Crippen molar-refractivity contribution < 1.29 is 9.18 Å². The lowest BCUT2D eigenvalue weighted by molar-refractivity contribution is 0.0779. The summed E-state index contributed by atoms with van der Waals surface area (Å²) in [5.74, 6) is -0.652. The number of para-hydroxylation sites is 1. The van der Waals surface area contributed by atoms with Crippen LogP contribution in [-0.4, -0.2) is 37.8 Å². The number of pyridine rings is 1. The van der Waals surface area contributed by atoms with Gasteiger partial charge in [0.2, 0.25) is 0 Å². The van der Waals surface area contributed by atoms with Crippen LogP contribution in [0.3, 0.4) is 0 Å². The first-order valence-electron chi connectivity index (χ1n) is 8.93. The molecule has 0 saturated heterocycles. The van der Waals surface area contributed by atoms with Crippen LogP contribution in [-0.2, 0) is 13.1 Å². The van der Waals surface area contributed by atoms with Gasteiger partial charge in [-0.1, -0.05) is 41.1 Å². The van der Waals surface area contributed by atoms with E-state index in [1.54, 1.807) is 30.4 Å². The first kappa shape index (κ1) is 19.0. The second kappa shape index (κ2) is 7.97. The normalized spacial score (nSPS) is 11.0. The Balaban J connectivity index is 1.49. The summed E-state index contributed by atoms with van der Waals surface area (Å²) in [5, 5.41) is 9.27. The molecule has 0 radical (unpaired) electrons. The molecule has 29 heavy (non-hydrogen) atoms. The Labute approximate surface area is 171 Å². The Morgan fingerprint density at radius 1 is 1.17 bits per heavy atom. The second-order valence-electron chi connectivity index (χ2n) is 6.69. The van der Waals surface area contributed by atoms with Gasteiger partial charge in [-0.15, -0.1) is 5.10 Å². The van der Waals surface area contributed by atoms with Gasteiger partial charge >= 0.3 is 0 Å². The zero-order valence-electron chi connectivity index (χ0n) is 15.6. The second-order valence-corrected chi connectivity index (χ2v) is 7.09. The van der Waals surface area contributed by atoms with Crippen molar-refractivity contribution in [3.8, 4) is 0 Å². The number of aromatic nitrogens is 4. The van der Waals surface area contributed by atoms with Crippen LogP contribution >= 0.6 is 11.6 Å². The molecule has 2 aromatic carbocycles. The number of hydrogen-bond acceptors (Lipinski definition) is 4. The van der Waals surface area contributed by atoms with Gasteiger partial charge in [-0.25, -0.2) is 9.07 Å². The van der Waals surface area contributed by atoms with Gasteiger partial charge in [0.15, 0.2) is 5.69 Å². The predicted molar refractivity (Wildman–Crippen MR) is 108 cm³/mol. The molecule has 2 aromatic heterocycles. The third-order valence-electron chi connectivity index (χ3n) is 4.60. The summed E-state index contributed by atoms with van der Waals surface area (Å²) in [6, 6.07) is 13.9. The molecule has 4 aromatic rings. The van der Waals surface area contributed by atoms with Gasteiger partial charge in [0.1, 0.15) is 5.82 Å². The van der Waals surface area contributed by atoms with E-state index in [2.05, 4.69) is 15.3 Å². The van der Waals surface area contributed by atoms with Crippen molar-refractivity contribution in [1.82, 2.24) is 24.9 Å². The molecule has 2 heterocycles. The van der Waals surface area contributed by atoms with E-state index in [-0.39, 0.29) is 18.1 Å².